The van der Waals surface area contributed by atoms with Crippen LogP contribution in [0.25, 0.3) is 10.9 Å². The summed E-state index contributed by atoms with van der Waals surface area (Å²) in [7, 11) is -3.69. The van der Waals surface area contributed by atoms with Crippen molar-refractivity contribution < 1.29 is 21.6 Å². The first kappa shape index (κ1) is 19.3. The summed E-state index contributed by atoms with van der Waals surface area (Å²) in [6.07, 6.45) is -3.46. The van der Waals surface area contributed by atoms with Gasteiger partial charge in [0, 0.05) is 0 Å². The number of alkyl halides is 3. The molecule has 1 aliphatic rings. The van der Waals surface area contributed by atoms with Gasteiger partial charge in [0.1, 0.15) is 6.54 Å². The van der Waals surface area contributed by atoms with Gasteiger partial charge >= 0.3 is 6.18 Å². The van der Waals surface area contributed by atoms with Crippen LogP contribution < -0.4 is 4.72 Å². The van der Waals surface area contributed by atoms with Gasteiger partial charge in [0.25, 0.3) is 0 Å². The number of halogens is 4. The van der Waals surface area contributed by atoms with Crippen LogP contribution in [0.5, 0.6) is 0 Å². The first-order valence-electron chi connectivity index (χ1n) is 8.07. The van der Waals surface area contributed by atoms with Crippen LogP contribution in [-0.4, -0.2) is 29.6 Å². The molecule has 2 aromatic rings. The van der Waals surface area contributed by atoms with Crippen molar-refractivity contribution in [2.24, 2.45) is 0 Å². The molecule has 1 aromatic carbocycles. The summed E-state index contributed by atoms with van der Waals surface area (Å²) in [6.45, 7) is 4.23. The summed E-state index contributed by atoms with van der Waals surface area (Å²) in [5.41, 5.74) is 0.306. The van der Waals surface area contributed by atoms with Gasteiger partial charge in [-0.3, -0.25) is 9.40 Å². The van der Waals surface area contributed by atoms with Crippen LogP contribution in [0.2, 0.25) is 5.02 Å². The minimum Gasteiger partial charge on any atom is -0.265 e. The summed E-state index contributed by atoms with van der Waals surface area (Å²) in [5.74, 6) is -0.160. The van der Waals surface area contributed by atoms with Crippen molar-refractivity contribution in [2.75, 3.05) is 4.72 Å². The fourth-order valence-corrected chi connectivity index (χ4v) is 4.42. The molecule has 0 spiro atoms. The third-order valence-corrected chi connectivity index (χ3v) is 6.32. The number of anilines is 1. The van der Waals surface area contributed by atoms with E-state index in [9.17, 15) is 21.6 Å². The molecule has 1 N–H and O–H groups in total. The summed E-state index contributed by atoms with van der Waals surface area (Å²) >= 11 is 6.22. The highest BCUT2D eigenvalue weighted by Gasteiger charge is 2.38. The molecule has 1 heterocycles. The number of benzene rings is 1. The third kappa shape index (κ3) is 3.78. The van der Waals surface area contributed by atoms with E-state index < -0.39 is 33.4 Å². The van der Waals surface area contributed by atoms with Gasteiger partial charge in [0.05, 0.1) is 21.2 Å². The zero-order chi connectivity index (χ0) is 19.5. The molecule has 1 aromatic heterocycles. The lowest BCUT2D eigenvalue weighted by atomic mass is 9.85. The van der Waals surface area contributed by atoms with Crippen LogP contribution in [-0.2, 0) is 22.0 Å². The van der Waals surface area contributed by atoms with E-state index in [4.69, 9.17) is 11.6 Å². The Morgan fingerprint density at radius 3 is 2.38 bits per heavy atom. The lowest BCUT2D eigenvalue weighted by molar-refractivity contribution is -0.141. The molecule has 0 bridgehead atoms. The molecule has 5 nitrogen and oxygen atoms in total. The molecule has 0 saturated heterocycles. The van der Waals surface area contributed by atoms with Crippen molar-refractivity contribution in [1.82, 2.24) is 9.78 Å². The number of hydrogen-bond donors (Lipinski definition) is 1. The second-order valence-corrected chi connectivity index (χ2v) is 9.90. The van der Waals surface area contributed by atoms with Crippen molar-refractivity contribution >= 4 is 38.3 Å². The number of rotatable bonds is 4. The highest BCUT2D eigenvalue weighted by atomic mass is 35.5. The maximum atomic E-state index is 13.1. The van der Waals surface area contributed by atoms with Gasteiger partial charge in [-0.25, -0.2) is 8.42 Å². The van der Waals surface area contributed by atoms with Crippen molar-refractivity contribution in [3.8, 4) is 0 Å². The van der Waals surface area contributed by atoms with E-state index in [-0.39, 0.29) is 21.7 Å². The Balaban J connectivity index is 2.25. The standard InChI is InChI=1S/C16H19ClF3N3O2S/c1-15(2,3)10-6-7-11(17)12-13(10)23(8-16(18,19)20)21-14(12)22-26(24,25)9-4-5-9/h6-7,9H,4-5,8H2,1-3H3,(H,21,22). The Bertz CT molecular complexity index is 958. The Morgan fingerprint density at radius 2 is 1.88 bits per heavy atom. The fourth-order valence-electron chi connectivity index (χ4n) is 2.84. The average Bonchev–Trinajstić information content (AvgIpc) is 3.23. The number of fused-ring (bicyclic) bond motifs is 1. The van der Waals surface area contributed by atoms with Gasteiger partial charge in [0.15, 0.2) is 5.82 Å². The van der Waals surface area contributed by atoms with Gasteiger partial charge in [-0.1, -0.05) is 38.4 Å². The van der Waals surface area contributed by atoms with Crippen molar-refractivity contribution in [2.45, 2.75) is 57.0 Å². The molecular weight excluding hydrogens is 391 g/mol. The highest BCUT2D eigenvalue weighted by Crippen LogP contribution is 2.40. The molecular formula is C16H19ClF3N3O2S. The van der Waals surface area contributed by atoms with E-state index in [0.717, 1.165) is 4.68 Å². The van der Waals surface area contributed by atoms with Crippen LogP contribution in [0.1, 0.15) is 39.2 Å². The quantitative estimate of drug-likeness (QED) is 0.811. The average molecular weight is 410 g/mol. The first-order valence-corrected chi connectivity index (χ1v) is 10.00. The van der Waals surface area contributed by atoms with Gasteiger partial charge in [-0.05, 0) is 29.9 Å². The second-order valence-electron chi connectivity index (χ2n) is 7.54. The topological polar surface area (TPSA) is 64.0 Å². The molecule has 10 heteroatoms. The van der Waals surface area contributed by atoms with E-state index in [1.807, 2.05) is 20.8 Å². The first-order chi connectivity index (χ1) is 11.8. The van der Waals surface area contributed by atoms with E-state index in [2.05, 4.69) is 9.82 Å². The fraction of sp³-hybridized carbons (Fsp3) is 0.562. The molecule has 0 aliphatic heterocycles. The van der Waals surface area contributed by atoms with Crippen LogP contribution in [0.4, 0.5) is 19.0 Å². The zero-order valence-electron chi connectivity index (χ0n) is 14.5. The van der Waals surface area contributed by atoms with Crippen molar-refractivity contribution in [3.05, 3.63) is 22.7 Å². The largest absolute Gasteiger partial charge is 0.408 e. The Hall–Kier alpha value is -1.48. The molecule has 1 saturated carbocycles. The van der Waals surface area contributed by atoms with Gasteiger partial charge in [-0.15, -0.1) is 0 Å². The molecule has 0 atom stereocenters. The minimum absolute atomic E-state index is 0.148. The Morgan fingerprint density at radius 1 is 1.27 bits per heavy atom. The molecule has 3 rings (SSSR count). The predicted octanol–water partition coefficient (Wildman–Crippen LogP) is 4.45. The summed E-state index contributed by atoms with van der Waals surface area (Å²) in [4.78, 5) is 0. The number of hydrogen-bond acceptors (Lipinski definition) is 3. The number of nitrogens with one attached hydrogen (secondary N) is 1. The molecule has 0 radical (unpaired) electrons. The van der Waals surface area contributed by atoms with Crippen molar-refractivity contribution in [3.63, 3.8) is 0 Å². The molecule has 0 amide bonds. The van der Waals surface area contributed by atoms with Gasteiger partial charge in [-0.2, -0.15) is 18.3 Å². The Kier molecular flexibility index (Phi) is 4.46. The maximum absolute atomic E-state index is 13.1. The maximum Gasteiger partial charge on any atom is 0.408 e. The summed E-state index contributed by atoms with van der Waals surface area (Å²) in [5, 5.41) is 3.73. The molecule has 26 heavy (non-hydrogen) atoms. The SMILES string of the molecule is CC(C)(C)c1ccc(Cl)c2c(NS(=O)(=O)C3CC3)nn(CC(F)(F)F)c12. The number of aromatic nitrogens is 2. The van der Waals surface area contributed by atoms with E-state index >= 15 is 0 Å². The van der Waals surface area contributed by atoms with E-state index in [0.29, 0.717) is 18.4 Å². The normalized spacial score (nSPS) is 16.3. The summed E-state index contributed by atoms with van der Waals surface area (Å²) in [6, 6.07) is 3.21. The van der Waals surface area contributed by atoms with Crippen molar-refractivity contribution in [1.29, 1.82) is 0 Å². The lowest BCUT2D eigenvalue weighted by Gasteiger charge is -2.21. The second kappa shape index (κ2) is 6.02. The van der Waals surface area contributed by atoms with Crippen LogP contribution in [0, 0.1) is 0 Å². The molecule has 144 valence electrons. The predicted molar refractivity (Wildman–Crippen MR) is 95.1 cm³/mol. The van der Waals surface area contributed by atoms with Gasteiger partial charge in [0.2, 0.25) is 10.0 Å². The monoisotopic (exact) mass is 409 g/mol. The lowest BCUT2D eigenvalue weighted by Crippen LogP contribution is -2.21. The number of sulfonamides is 1. The number of nitrogens with zero attached hydrogens (tertiary/aromatic N) is 2. The van der Waals surface area contributed by atoms with E-state index in [1.165, 1.54) is 0 Å². The van der Waals surface area contributed by atoms with Crippen LogP contribution in [0.15, 0.2) is 12.1 Å². The smallest absolute Gasteiger partial charge is 0.265 e. The summed E-state index contributed by atoms with van der Waals surface area (Å²) < 4.78 is 66.8. The molecule has 1 fully saturated rings. The van der Waals surface area contributed by atoms with Crippen LogP contribution >= 0.6 is 11.6 Å². The zero-order valence-corrected chi connectivity index (χ0v) is 16.1. The van der Waals surface area contributed by atoms with E-state index in [1.54, 1.807) is 12.1 Å². The third-order valence-electron chi connectivity index (χ3n) is 4.18. The molecule has 1 aliphatic carbocycles. The minimum atomic E-state index is -4.51. The Labute approximate surface area is 154 Å². The van der Waals surface area contributed by atoms with Gasteiger partial charge < -0.3 is 0 Å². The highest BCUT2D eigenvalue weighted by molar-refractivity contribution is 7.93. The molecule has 0 unspecified atom stereocenters. The van der Waals surface area contributed by atoms with Crippen LogP contribution in [0.3, 0.4) is 0 Å².